The van der Waals surface area contributed by atoms with Crippen molar-refractivity contribution in [3.63, 3.8) is 0 Å². The van der Waals surface area contributed by atoms with Gasteiger partial charge in [-0.2, -0.15) is 4.31 Å². The molecule has 31 heavy (non-hydrogen) atoms. The van der Waals surface area contributed by atoms with Gasteiger partial charge in [-0.1, -0.05) is 23.2 Å². The number of ether oxygens (including phenoxy) is 2. The normalized spacial score (nSPS) is 15.8. The van der Waals surface area contributed by atoms with E-state index < -0.39 is 28.0 Å². The van der Waals surface area contributed by atoms with Crippen molar-refractivity contribution in [3.05, 3.63) is 58.1 Å². The van der Waals surface area contributed by atoms with Gasteiger partial charge in [0.05, 0.1) is 23.7 Å². The number of nitrogens with zero attached hydrogens (tertiary/aromatic N) is 1. The van der Waals surface area contributed by atoms with Crippen molar-refractivity contribution in [3.8, 4) is 0 Å². The zero-order valence-electron chi connectivity index (χ0n) is 16.5. The largest absolute Gasteiger partial charge is 0.449 e. The van der Waals surface area contributed by atoms with E-state index in [4.69, 9.17) is 32.7 Å². The van der Waals surface area contributed by atoms with Gasteiger partial charge in [-0.25, -0.2) is 13.2 Å². The monoisotopic (exact) mass is 486 g/mol. The molecule has 0 aromatic heterocycles. The number of benzene rings is 2. The molecule has 1 saturated heterocycles. The average Bonchev–Trinajstić information content (AvgIpc) is 2.73. The van der Waals surface area contributed by atoms with Gasteiger partial charge in [0, 0.05) is 28.8 Å². The molecule has 1 unspecified atom stereocenters. The molecule has 2 aromatic carbocycles. The first-order valence-electron chi connectivity index (χ1n) is 9.33. The summed E-state index contributed by atoms with van der Waals surface area (Å²) in [4.78, 5) is 24.7. The van der Waals surface area contributed by atoms with Gasteiger partial charge in [-0.05, 0) is 49.4 Å². The maximum absolute atomic E-state index is 12.6. The fraction of sp³-hybridized carbons (Fsp3) is 0.300. The molecule has 0 bridgehead atoms. The second-order valence-electron chi connectivity index (χ2n) is 6.74. The minimum atomic E-state index is -3.67. The summed E-state index contributed by atoms with van der Waals surface area (Å²) >= 11 is 11.8. The van der Waals surface area contributed by atoms with Crippen molar-refractivity contribution >= 4 is 50.8 Å². The van der Waals surface area contributed by atoms with Crippen LogP contribution in [0.1, 0.15) is 17.3 Å². The zero-order valence-corrected chi connectivity index (χ0v) is 18.8. The van der Waals surface area contributed by atoms with E-state index >= 15 is 0 Å². The van der Waals surface area contributed by atoms with Gasteiger partial charge < -0.3 is 14.8 Å². The number of anilines is 1. The molecule has 0 saturated carbocycles. The molecule has 1 aliphatic rings. The summed E-state index contributed by atoms with van der Waals surface area (Å²) in [5.41, 5.74) is 0.481. The third-order valence-electron chi connectivity index (χ3n) is 4.48. The van der Waals surface area contributed by atoms with E-state index in [-0.39, 0.29) is 23.5 Å². The SMILES string of the molecule is CC(OC(=O)c1ccc(S(=O)(=O)N2CCOCC2)cc1)C(=O)Nc1cc(Cl)cc(Cl)c1. The van der Waals surface area contributed by atoms with Gasteiger partial charge in [0.25, 0.3) is 5.91 Å². The van der Waals surface area contributed by atoms with Crippen LogP contribution in [-0.4, -0.2) is 57.0 Å². The Balaban J connectivity index is 1.62. The van der Waals surface area contributed by atoms with E-state index in [0.717, 1.165) is 0 Å². The van der Waals surface area contributed by atoms with Crippen LogP contribution in [0.4, 0.5) is 5.69 Å². The van der Waals surface area contributed by atoms with Crippen LogP contribution in [0.2, 0.25) is 10.0 Å². The molecule has 3 rings (SSSR count). The molecule has 1 fully saturated rings. The third kappa shape index (κ3) is 5.96. The Morgan fingerprint density at radius 3 is 2.23 bits per heavy atom. The summed E-state index contributed by atoms with van der Waals surface area (Å²) in [6.45, 7) is 2.64. The summed E-state index contributed by atoms with van der Waals surface area (Å²) in [7, 11) is -3.67. The van der Waals surface area contributed by atoms with Crippen molar-refractivity contribution in [2.24, 2.45) is 0 Å². The van der Waals surface area contributed by atoms with Crippen LogP contribution >= 0.6 is 23.2 Å². The van der Waals surface area contributed by atoms with E-state index in [0.29, 0.717) is 28.9 Å². The summed E-state index contributed by atoms with van der Waals surface area (Å²) in [5.74, 6) is -1.33. The zero-order chi connectivity index (χ0) is 22.6. The molecule has 1 aliphatic heterocycles. The van der Waals surface area contributed by atoms with Crippen LogP contribution in [0, 0.1) is 0 Å². The predicted molar refractivity (Wildman–Crippen MR) is 116 cm³/mol. The lowest BCUT2D eigenvalue weighted by molar-refractivity contribution is -0.123. The Kier molecular flexibility index (Phi) is 7.55. The smallest absolute Gasteiger partial charge is 0.338 e. The van der Waals surface area contributed by atoms with Gasteiger partial charge in [-0.15, -0.1) is 0 Å². The molecule has 0 radical (unpaired) electrons. The first-order chi connectivity index (χ1) is 14.7. The highest BCUT2D eigenvalue weighted by Gasteiger charge is 2.27. The number of sulfonamides is 1. The lowest BCUT2D eigenvalue weighted by Gasteiger charge is -2.26. The number of carbonyl (C=O) groups excluding carboxylic acids is 2. The van der Waals surface area contributed by atoms with E-state index in [1.165, 1.54) is 53.7 Å². The molecule has 1 heterocycles. The number of carbonyl (C=O) groups is 2. The van der Waals surface area contributed by atoms with E-state index in [2.05, 4.69) is 5.32 Å². The Bertz CT molecular complexity index is 1050. The number of halogens is 2. The molecule has 166 valence electrons. The van der Waals surface area contributed by atoms with Crippen LogP contribution in [-0.2, 0) is 24.3 Å². The van der Waals surface area contributed by atoms with Crippen molar-refractivity contribution in [1.82, 2.24) is 4.31 Å². The minimum absolute atomic E-state index is 0.0644. The van der Waals surface area contributed by atoms with E-state index in [1.807, 2.05) is 0 Å². The molecule has 0 spiro atoms. The molecule has 11 heteroatoms. The molecular formula is C20H20Cl2N2O6S. The molecule has 1 N–H and O–H groups in total. The number of nitrogens with one attached hydrogen (secondary N) is 1. The molecule has 8 nitrogen and oxygen atoms in total. The van der Waals surface area contributed by atoms with Crippen molar-refractivity contribution in [2.45, 2.75) is 17.9 Å². The fourth-order valence-electron chi connectivity index (χ4n) is 2.85. The van der Waals surface area contributed by atoms with Crippen LogP contribution in [0.5, 0.6) is 0 Å². The fourth-order valence-corrected chi connectivity index (χ4v) is 4.79. The van der Waals surface area contributed by atoms with Crippen LogP contribution in [0.25, 0.3) is 0 Å². The quantitative estimate of drug-likeness (QED) is 0.628. The first-order valence-corrected chi connectivity index (χ1v) is 11.5. The Morgan fingerprint density at radius 2 is 1.65 bits per heavy atom. The molecule has 1 amide bonds. The highest BCUT2D eigenvalue weighted by molar-refractivity contribution is 7.89. The van der Waals surface area contributed by atoms with Crippen LogP contribution in [0.15, 0.2) is 47.4 Å². The average molecular weight is 487 g/mol. The highest BCUT2D eigenvalue weighted by Crippen LogP contribution is 2.23. The van der Waals surface area contributed by atoms with Crippen LogP contribution < -0.4 is 5.32 Å². The molecule has 1 atom stereocenters. The van der Waals surface area contributed by atoms with Gasteiger partial charge in [0.1, 0.15) is 0 Å². The standard InChI is InChI=1S/C20H20Cl2N2O6S/c1-13(19(25)23-17-11-15(21)10-16(22)12-17)30-20(26)14-2-4-18(5-3-14)31(27,28)24-6-8-29-9-7-24/h2-5,10-13H,6-9H2,1H3,(H,23,25). The number of hydrogen-bond donors (Lipinski definition) is 1. The topological polar surface area (TPSA) is 102 Å². The Labute approximate surface area is 190 Å². The second kappa shape index (κ2) is 9.97. The number of esters is 1. The lowest BCUT2D eigenvalue weighted by atomic mass is 10.2. The number of amides is 1. The summed E-state index contributed by atoms with van der Waals surface area (Å²) in [5, 5.41) is 3.26. The Hall–Kier alpha value is -2.17. The number of morpholine rings is 1. The van der Waals surface area contributed by atoms with Crippen molar-refractivity contribution in [2.75, 3.05) is 31.6 Å². The maximum atomic E-state index is 12.6. The van der Waals surface area contributed by atoms with Gasteiger partial charge in [-0.3, -0.25) is 4.79 Å². The minimum Gasteiger partial charge on any atom is -0.449 e. The Morgan fingerprint density at radius 1 is 1.06 bits per heavy atom. The third-order valence-corrected chi connectivity index (χ3v) is 6.83. The van der Waals surface area contributed by atoms with Gasteiger partial charge in [0.2, 0.25) is 10.0 Å². The van der Waals surface area contributed by atoms with Crippen molar-refractivity contribution < 1.29 is 27.5 Å². The summed E-state index contributed by atoms with van der Waals surface area (Å²) < 4.78 is 37.0. The highest BCUT2D eigenvalue weighted by atomic mass is 35.5. The lowest BCUT2D eigenvalue weighted by Crippen LogP contribution is -2.40. The number of rotatable bonds is 6. The van der Waals surface area contributed by atoms with Gasteiger partial charge in [0.15, 0.2) is 6.10 Å². The second-order valence-corrected chi connectivity index (χ2v) is 9.55. The molecule has 2 aromatic rings. The van der Waals surface area contributed by atoms with E-state index in [9.17, 15) is 18.0 Å². The first kappa shape index (κ1) is 23.5. The number of hydrogen-bond acceptors (Lipinski definition) is 6. The van der Waals surface area contributed by atoms with E-state index in [1.54, 1.807) is 0 Å². The van der Waals surface area contributed by atoms with Gasteiger partial charge >= 0.3 is 5.97 Å². The molecule has 0 aliphatic carbocycles. The van der Waals surface area contributed by atoms with Crippen LogP contribution in [0.3, 0.4) is 0 Å². The molecular weight excluding hydrogens is 467 g/mol. The maximum Gasteiger partial charge on any atom is 0.338 e. The van der Waals surface area contributed by atoms with Crippen molar-refractivity contribution in [1.29, 1.82) is 0 Å². The summed E-state index contributed by atoms with van der Waals surface area (Å²) in [6, 6.07) is 9.89. The summed E-state index contributed by atoms with van der Waals surface area (Å²) in [6.07, 6.45) is -1.11. The predicted octanol–water partition coefficient (Wildman–Crippen LogP) is 3.20.